The quantitative estimate of drug-likeness (QED) is 0.311. The van der Waals surface area contributed by atoms with Crippen LogP contribution in [0.1, 0.15) is 27.6 Å². The van der Waals surface area contributed by atoms with Gasteiger partial charge in [0.05, 0.1) is 25.8 Å². The number of thiophene rings is 1. The largest absolute Gasteiger partial charge is 0.507 e. The minimum atomic E-state index is -0.668. The van der Waals surface area contributed by atoms with Gasteiger partial charge < -0.3 is 19.5 Å². The number of amides is 1. The molecule has 1 fully saturated rings. The number of rotatable bonds is 7. The van der Waals surface area contributed by atoms with Crippen molar-refractivity contribution in [3.05, 3.63) is 87.1 Å². The van der Waals surface area contributed by atoms with Crippen LogP contribution in [0.15, 0.2) is 65.6 Å². The zero-order valence-corrected chi connectivity index (χ0v) is 19.5. The SMILES string of the molecule is COc1ccc(CCN2C(=O)C(=O)C(=C(O)c3ccc(C)cc3)[C@H]2c2cccs2)cc1OC. The summed E-state index contributed by atoms with van der Waals surface area (Å²) in [5.74, 6) is -0.202. The minimum Gasteiger partial charge on any atom is -0.507 e. The van der Waals surface area contributed by atoms with E-state index < -0.39 is 17.7 Å². The molecule has 3 aromatic rings. The second kappa shape index (κ2) is 9.50. The molecule has 170 valence electrons. The number of hydrogen-bond donors (Lipinski definition) is 1. The minimum absolute atomic E-state index is 0.124. The molecule has 6 nitrogen and oxygen atoms in total. The summed E-state index contributed by atoms with van der Waals surface area (Å²) in [6, 6.07) is 16.0. The number of hydrogen-bond acceptors (Lipinski definition) is 6. The maximum atomic E-state index is 13.1. The van der Waals surface area contributed by atoms with E-state index in [0.29, 0.717) is 30.0 Å². The molecule has 0 unspecified atom stereocenters. The summed E-state index contributed by atoms with van der Waals surface area (Å²) >= 11 is 1.45. The van der Waals surface area contributed by atoms with Crippen molar-refractivity contribution in [2.24, 2.45) is 0 Å². The Labute approximate surface area is 196 Å². The summed E-state index contributed by atoms with van der Waals surface area (Å²) in [4.78, 5) is 28.5. The van der Waals surface area contributed by atoms with Crippen molar-refractivity contribution < 1.29 is 24.2 Å². The molecule has 0 aliphatic carbocycles. The monoisotopic (exact) mass is 463 g/mol. The number of Topliss-reactive ketones (excluding diaryl/α,β-unsaturated/α-hetero) is 1. The van der Waals surface area contributed by atoms with Gasteiger partial charge in [0.2, 0.25) is 0 Å². The molecule has 1 saturated heterocycles. The van der Waals surface area contributed by atoms with Crippen molar-refractivity contribution in [1.29, 1.82) is 0 Å². The molecule has 2 heterocycles. The van der Waals surface area contributed by atoms with E-state index in [0.717, 1.165) is 16.0 Å². The lowest BCUT2D eigenvalue weighted by Gasteiger charge is -2.24. The molecule has 1 N–H and O–H groups in total. The summed E-state index contributed by atoms with van der Waals surface area (Å²) in [7, 11) is 3.15. The van der Waals surface area contributed by atoms with Gasteiger partial charge in [0.1, 0.15) is 5.76 Å². The van der Waals surface area contributed by atoms with Crippen molar-refractivity contribution in [3.8, 4) is 11.5 Å². The number of ether oxygens (including phenoxy) is 2. The Morgan fingerprint density at radius 2 is 1.76 bits per heavy atom. The number of nitrogens with zero attached hydrogens (tertiary/aromatic N) is 1. The summed E-state index contributed by atoms with van der Waals surface area (Å²) in [6.07, 6.45) is 0.514. The molecule has 1 aliphatic heterocycles. The molecule has 1 amide bonds. The van der Waals surface area contributed by atoms with Gasteiger partial charge in [-0.3, -0.25) is 9.59 Å². The number of aryl methyl sites for hydroxylation is 1. The number of ketones is 1. The maximum Gasteiger partial charge on any atom is 0.295 e. The fourth-order valence-corrected chi connectivity index (χ4v) is 4.85. The number of methoxy groups -OCH3 is 2. The Hall–Kier alpha value is -3.58. The van der Waals surface area contributed by atoms with Gasteiger partial charge in [0, 0.05) is 17.0 Å². The van der Waals surface area contributed by atoms with E-state index in [1.165, 1.54) is 11.3 Å². The van der Waals surface area contributed by atoms with Crippen molar-refractivity contribution in [3.63, 3.8) is 0 Å². The first-order valence-corrected chi connectivity index (χ1v) is 11.4. The summed E-state index contributed by atoms with van der Waals surface area (Å²) in [5.41, 5.74) is 2.62. The third-order valence-corrected chi connectivity index (χ3v) is 6.69. The topological polar surface area (TPSA) is 76.1 Å². The predicted octanol–water partition coefficient (Wildman–Crippen LogP) is 4.74. The average molecular weight is 464 g/mol. The third kappa shape index (κ3) is 4.36. The Kier molecular flexibility index (Phi) is 6.51. The van der Waals surface area contributed by atoms with Crippen LogP contribution in [0.5, 0.6) is 11.5 Å². The number of carbonyl (C=O) groups is 2. The normalized spacial score (nSPS) is 17.4. The van der Waals surface area contributed by atoms with Gasteiger partial charge in [-0.15, -0.1) is 11.3 Å². The Morgan fingerprint density at radius 3 is 2.39 bits per heavy atom. The van der Waals surface area contributed by atoms with Gasteiger partial charge in [-0.2, -0.15) is 0 Å². The second-order valence-corrected chi connectivity index (χ2v) is 8.79. The molecule has 0 bridgehead atoms. The van der Waals surface area contributed by atoms with Gasteiger partial charge in [-0.1, -0.05) is 42.0 Å². The lowest BCUT2D eigenvalue weighted by molar-refractivity contribution is -0.139. The fourth-order valence-electron chi connectivity index (χ4n) is 4.01. The van der Waals surface area contributed by atoms with Crippen LogP contribution in [-0.4, -0.2) is 42.5 Å². The lowest BCUT2D eigenvalue weighted by Crippen LogP contribution is -2.31. The smallest absolute Gasteiger partial charge is 0.295 e. The van der Waals surface area contributed by atoms with E-state index in [2.05, 4.69) is 0 Å². The highest BCUT2D eigenvalue weighted by Gasteiger charge is 2.46. The second-order valence-electron chi connectivity index (χ2n) is 7.81. The van der Waals surface area contributed by atoms with E-state index in [1.807, 2.05) is 54.8 Å². The summed E-state index contributed by atoms with van der Waals surface area (Å²) < 4.78 is 10.7. The third-order valence-electron chi connectivity index (χ3n) is 5.77. The van der Waals surface area contributed by atoms with Crippen LogP contribution in [0.25, 0.3) is 5.76 Å². The Morgan fingerprint density at radius 1 is 1.03 bits per heavy atom. The van der Waals surface area contributed by atoms with E-state index in [4.69, 9.17) is 9.47 Å². The van der Waals surface area contributed by atoms with Crippen LogP contribution in [0.3, 0.4) is 0 Å². The van der Waals surface area contributed by atoms with Gasteiger partial charge in [-0.25, -0.2) is 0 Å². The molecule has 0 saturated carbocycles. The molecule has 0 spiro atoms. The standard InChI is InChI=1S/C26H25NO5S/c1-16-6-9-18(10-7-16)24(28)22-23(21-5-4-14-33-21)27(26(30)25(22)29)13-12-17-8-11-19(31-2)20(15-17)32-3/h4-11,14-15,23,28H,12-13H2,1-3H3/t23-/m1/s1. The van der Waals surface area contributed by atoms with Crippen LogP contribution in [0, 0.1) is 6.92 Å². The molecule has 1 aliphatic rings. The van der Waals surface area contributed by atoms with Crippen molar-refractivity contribution in [2.75, 3.05) is 20.8 Å². The summed E-state index contributed by atoms with van der Waals surface area (Å²) in [5, 5.41) is 13.0. The first-order chi connectivity index (χ1) is 15.9. The van der Waals surface area contributed by atoms with E-state index in [-0.39, 0.29) is 11.3 Å². The predicted molar refractivity (Wildman–Crippen MR) is 128 cm³/mol. The summed E-state index contributed by atoms with van der Waals surface area (Å²) in [6.45, 7) is 2.26. The van der Waals surface area contributed by atoms with Crippen LogP contribution in [0.2, 0.25) is 0 Å². The molecule has 1 aromatic heterocycles. The molecule has 4 rings (SSSR count). The highest BCUT2D eigenvalue weighted by atomic mass is 32.1. The van der Waals surface area contributed by atoms with Crippen LogP contribution >= 0.6 is 11.3 Å². The fraction of sp³-hybridized carbons (Fsp3) is 0.231. The average Bonchev–Trinajstić information content (AvgIpc) is 3.44. The zero-order chi connectivity index (χ0) is 23.5. The Balaban J connectivity index is 1.69. The van der Waals surface area contributed by atoms with Crippen LogP contribution in [-0.2, 0) is 16.0 Å². The number of benzene rings is 2. The molecule has 7 heteroatoms. The number of carbonyl (C=O) groups excluding carboxylic acids is 2. The van der Waals surface area contributed by atoms with E-state index in [9.17, 15) is 14.7 Å². The first kappa shape index (κ1) is 22.6. The molecular weight excluding hydrogens is 438 g/mol. The number of aliphatic hydroxyl groups is 1. The molecule has 0 radical (unpaired) electrons. The molecule has 2 aromatic carbocycles. The molecular formula is C26H25NO5S. The van der Waals surface area contributed by atoms with Crippen molar-refractivity contribution in [1.82, 2.24) is 4.90 Å². The highest BCUT2D eigenvalue weighted by Crippen LogP contribution is 2.41. The van der Waals surface area contributed by atoms with Crippen molar-refractivity contribution in [2.45, 2.75) is 19.4 Å². The van der Waals surface area contributed by atoms with E-state index >= 15 is 0 Å². The molecule has 33 heavy (non-hydrogen) atoms. The van der Waals surface area contributed by atoms with Gasteiger partial charge in [0.15, 0.2) is 11.5 Å². The van der Waals surface area contributed by atoms with Crippen LogP contribution < -0.4 is 9.47 Å². The van der Waals surface area contributed by atoms with E-state index in [1.54, 1.807) is 31.3 Å². The van der Waals surface area contributed by atoms with Gasteiger partial charge >= 0.3 is 0 Å². The number of aliphatic hydroxyl groups excluding tert-OH is 1. The first-order valence-electron chi connectivity index (χ1n) is 10.5. The van der Waals surface area contributed by atoms with Gasteiger partial charge in [-0.05, 0) is 42.5 Å². The highest BCUT2D eigenvalue weighted by molar-refractivity contribution is 7.10. The van der Waals surface area contributed by atoms with Crippen molar-refractivity contribution >= 4 is 28.8 Å². The van der Waals surface area contributed by atoms with Crippen LogP contribution in [0.4, 0.5) is 0 Å². The zero-order valence-electron chi connectivity index (χ0n) is 18.7. The van der Waals surface area contributed by atoms with Gasteiger partial charge in [0.25, 0.3) is 11.7 Å². The molecule has 1 atom stereocenters. The Bertz CT molecular complexity index is 1200. The maximum absolute atomic E-state index is 13.1. The lowest BCUT2D eigenvalue weighted by atomic mass is 9.99. The number of likely N-dealkylation sites (tertiary alicyclic amines) is 1.